The van der Waals surface area contributed by atoms with Crippen LogP contribution < -0.4 is 5.32 Å². The van der Waals surface area contributed by atoms with Crippen LogP contribution in [0.15, 0.2) is 30.3 Å². The Morgan fingerprint density at radius 2 is 1.82 bits per heavy atom. The zero-order valence-corrected chi connectivity index (χ0v) is 17.6. The largest absolute Gasteiger partial charge is 0.445 e. The Hall–Kier alpha value is -2.28. The molecule has 0 fully saturated rings. The van der Waals surface area contributed by atoms with Gasteiger partial charge in [-0.15, -0.1) is 0 Å². The van der Waals surface area contributed by atoms with Crippen LogP contribution in [0.25, 0.3) is 0 Å². The van der Waals surface area contributed by atoms with Crippen LogP contribution in [0.3, 0.4) is 0 Å². The number of amides is 2. The van der Waals surface area contributed by atoms with Gasteiger partial charge in [-0.3, -0.25) is 0 Å². The van der Waals surface area contributed by atoms with Gasteiger partial charge in [-0.05, 0) is 38.7 Å². The molecular weight excluding hydrogens is 360 g/mol. The van der Waals surface area contributed by atoms with Crippen LogP contribution >= 0.6 is 0 Å². The lowest BCUT2D eigenvalue weighted by Crippen LogP contribution is -2.49. The van der Waals surface area contributed by atoms with Gasteiger partial charge in [0.1, 0.15) is 12.2 Å². The van der Waals surface area contributed by atoms with Crippen molar-refractivity contribution in [2.75, 3.05) is 19.7 Å². The standard InChI is InChI=1S/C21H34N2O5/c1-16(2)18(22-19(25)27-15-17-10-7-6-8-11-17)14-23(12-9-13-24)20(26)28-21(3,4)5/h6-8,10-11,16,18,24H,9,12-15H2,1-5H3,(H,22,25). The topological polar surface area (TPSA) is 88.1 Å². The fourth-order valence-corrected chi connectivity index (χ4v) is 2.42. The Bertz CT molecular complexity index is 599. The summed E-state index contributed by atoms with van der Waals surface area (Å²) in [7, 11) is 0. The van der Waals surface area contributed by atoms with E-state index < -0.39 is 17.8 Å². The van der Waals surface area contributed by atoms with Gasteiger partial charge in [-0.2, -0.15) is 0 Å². The van der Waals surface area contributed by atoms with Crippen molar-refractivity contribution in [1.29, 1.82) is 0 Å². The highest BCUT2D eigenvalue weighted by Crippen LogP contribution is 2.13. The zero-order chi connectivity index (χ0) is 21.2. The third-order valence-corrected chi connectivity index (χ3v) is 3.98. The van der Waals surface area contributed by atoms with E-state index in [4.69, 9.17) is 14.6 Å². The average Bonchev–Trinajstić information content (AvgIpc) is 2.61. The number of nitrogens with zero attached hydrogens (tertiary/aromatic N) is 1. The van der Waals surface area contributed by atoms with E-state index in [0.29, 0.717) is 13.0 Å². The number of carbonyl (C=O) groups is 2. The van der Waals surface area contributed by atoms with E-state index in [0.717, 1.165) is 5.56 Å². The molecule has 1 unspecified atom stereocenters. The molecule has 0 aliphatic rings. The van der Waals surface area contributed by atoms with E-state index in [2.05, 4.69) is 5.32 Å². The summed E-state index contributed by atoms with van der Waals surface area (Å²) in [5.41, 5.74) is 0.279. The van der Waals surface area contributed by atoms with Crippen LogP contribution in [0.4, 0.5) is 9.59 Å². The monoisotopic (exact) mass is 394 g/mol. The van der Waals surface area contributed by atoms with E-state index >= 15 is 0 Å². The highest BCUT2D eigenvalue weighted by molar-refractivity contribution is 5.69. The molecule has 158 valence electrons. The Labute approximate surface area is 168 Å². The normalized spacial score (nSPS) is 12.4. The predicted octanol–water partition coefficient (Wildman–Crippen LogP) is 3.56. The van der Waals surface area contributed by atoms with E-state index in [-0.39, 0.29) is 31.7 Å². The van der Waals surface area contributed by atoms with Gasteiger partial charge < -0.3 is 24.8 Å². The van der Waals surface area contributed by atoms with Crippen molar-refractivity contribution >= 4 is 12.2 Å². The lowest BCUT2D eigenvalue weighted by molar-refractivity contribution is 0.0208. The maximum absolute atomic E-state index is 12.5. The van der Waals surface area contributed by atoms with Crippen molar-refractivity contribution in [3.05, 3.63) is 35.9 Å². The minimum Gasteiger partial charge on any atom is -0.445 e. The quantitative estimate of drug-likeness (QED) is 0.669. The second-order valence-electron chi connectivity index (χ2n) is 8.06. The molecule has 7 heteroatoms. The molecule has 0 heterocycles. The van der Waals surface area contributed by atoms with Gasteiger partial charge in [0.2, 0.25) is 0 Å². The Morgan fingerprint density at radius 3 is 2.36 bits per heavy atom. The molecule has 28 heavy (non-hydrogen) atoms. The Balaban J connectivity index is 2.69. The molecule has 0 bridgehead atoms. The van der Waals surface area contributed by atoms with Gasteiger partial charge in [0.05, 0.1) is 6.04 Å². The summed E-state index contributed by atoms with van der Waals surface area (Å²) in [6.07, 6.45) is -0.567. The molecule has 0 saturated carbocycles. The van der Waals surface area contributed by atoms with Gasteiger partial charge >= 0.3 is 12.2 Å². The van der Waals surface area contributed by atoms with Crippen LogP contribution in [-0.4, -0.2) is 53.5 Å². The van der Waals surface area contributed by atoms with Crippen LogP contribution in [-0.2, 0) is 16.1 Å². The molecule has 0 radical (unpaired) electrons. The van der Waals surface area contributed by atoms with Gasteiger partial charge in [-0.1, -0.05) is 44.2 Å². The van der Waals surface area contributed by atoms with E-state index in [1.807, 2.05) is 44.2 Å². The lowest BCUT2D eigenvalue weighted by atomic mass is 10.0. The molecular formula is C21H34N2O5. The van der Waals surface area contributed by atoms with Gasteiger partial charge in [0.25, 0.3) is 0 Å². The van der Waals surface area contributed by atoms with Crippen LogP contribution in [0.5, 0.6) is 0 Å². The third-order valence-electron chi connectivity index (χ3n) is 3.98. The molecule has 0 aliphatic carbocycles. The van der Waals surface area contributed by atoms with E-state index in [1.54, 1.807) is 20.8 Å². The van der Waals surface area contributed by atoms with Crippen molar-refractivity contribution < 1.29 is 24.2 Å². The number of aliphatic hydroxyl groups is 1. The average molecular weight is 395 g/mol. The van der Waals surface area contributed by atoms with Crippen molar-refractivity contribution in [3.8, 4) is 0 Å². The van der Waals surface area contributed by atoms with Gasteiger partial charge in [0, 0.05) is 19.7 Å². The van der Waals surface area contributed by atoms with Gasteiger partial charge in [-0.25, -0.2) is 9.59 Å². The first-order valence-electron chi connectivity index (χ1n) is 9.68. The van der Waals surface area contributed by atoms with Crippen LogP contribution in [0.1, 0.15) is 46.6 Å². The number of nitrogens with one attached hydrogen (secondary N) is 1. The number of aliphatic hydroxyl groups excluding tert-OH is 1. The van der Waals surface area contributed by atoms with Gasteiger partial charge in [0.15, 0.2) is 0 Å². The summed E-state index contributed by atoms with van der Waals surface area (Å²) in [5, 5.41) is 12.0. The third kappa shape index (κ3) is 9.60. The second kappa shape index (κ2) is 11.5. The maximum Gasteiger partial charge on any atom is 0.410 e. The molecule has 1 aromatic carbocycles. The summed E-state index contributed by atoms with van der Waals surface area (Å²) in [6, 6.07) is 9.12. The fourth-order valence-electron chi connectivity index (χ4n) is 2.42. The molecule has 1 atom stereocenters. The molecule has 7 nitrogen and oxygen atoms in total. The van der Waals surface area contributed by atoms with Crippen molar-refractivity contribution in [2.45, 2.75) is 59.3 Å². The first-order valence-corrected chi connectivity index (χ1v) is 9.68. The molecule has 0 aromatic heterocycles. The molecule has 1 aromatic rings. The minimum absolute atomic E-state index is 0.0296. The van der Waals surface area contributed by atoms with E-state index in [9.17, 15) is 9.59 Å². The smallest absolute Gasteiger partial charge is 0.410 e. The maximum atomic E-state index is 12.5. The van der Waals surface area contributed by atoms with Crippen molar-refractivity contribution in [3.63, 3.8) is 0 Å². The summed E-state index contributed by atoms with van der Waals surface area (Å²) >= 11 is 0. The first kappa shape index (κ1) is 23.8. The summed E-state index contributed by atoms with van der Waals surface area (Å²) < 4.78 is 10.7. The number of hydrogen-bond donors (Lipinski definition) is 2. The minimum atomic E-state index is -0.621. The molecule has 1 rings (SSSR count). The number of carbonyl (C=O) groups excluding carboxylic acids is 2. The number of alkyl carbamates (subject to hydrolysis) is 1. The molecule has 0 aliphatic heterocycles. The summed E-state index contributed by atoms with van der Waals surface area (Å²) in [4.78, 5) is 26.2. The number of hydrogen-bond acceptors (Lipinski definition) is 5. The summed E-state index contributed by atoms with van der Waals surface area (Å²) in [5.74, 6) is 0.0725. The Kier molecular flexibility index (Phi) is 9.79. The van der Waals surface area contributed by atoms with Crippen LogP contribution in [0, 0.1) is 5.92 Å². The van der Waals surface area contributed by atoms with E-state index in [1.165, 1.54) is 4.90 Å². The first-order chi connectivity index (χ1) is 13.1. The Morgan fingerprint density at radius 1 is 1.18 bits per heavy atom. The molecule has 2 N–H and O–H groups in total. The van der Waals surface area contributed by atoms with Crippen molar-refractivity contribution in [2.24, 2.45) is 5.92 Å². The second-order valence-corrected chi connectivity index (χ2v) is 8.06. The highest BCUT2D eigenvalue weighted by Gasteiger charge is 2.27. The highest BCUT2D eigenvalue weighted by atomic mass is 16.6. The number of ether oxygens (including phenoxy) is 2. The number of benzene rings is 1. The predicted molar refractivity (Wildman–Crippen MR) is 108 cm³/mol. The van der Waals surface area contributed by atoms with Crippen molar-refractivity contribution in [1.82, 2.24) is 10.2 Å². The number of rotatable bonds is 9. The SMILES string of the molecule is CC(C)C(CN(CCCO)C(=O)OC(C)(C)C)NC(=O)OCc1ccccc1. The molecule has 0 saturated heterocycles. The molecule has 2 amide bonds. The zero-order valence-electron chi connectivity index (χ0n) is 17.6. The fraction of sp³-hybridized carbons (Fsp3) is 0.619. The van der Waals surface area contributed by atoms with Crippen LogP contribution in [0.2, 0.25) is 0 Å². The lowest BCUT2D eigenvalue weighted by Gasteiger charge is -2.32. The molecule has 0 spiro atoms. The summed E-state index contributed by atoms with van der Waals surface area (Å²) in [6.45, 7) is 10.1.